The summed E-state index contributed by atoms with van der Waals surface area (Å²) in [5.41, 5.74) is 2.21. The Morgan fingerprint density at radius 3 is 3.00 bits per heavy atom. The second-order valence-electron chi connectivity index (χ2n) is 7.64. The van der Waals surface area contributed by atoms with E-state index < -0.39 is 0 Å². The second kappa shape index (κ2) is 9.07. The molecule has 0 radical (unpaired) electrons. The van der Waals surface area contributed by atoms with Gasteiger partial charge in [-0.1, -0.05) is 24.3 Å². The van der Waals surface area contributed by atoms with Crippen LogP contribution in [0.1, 0.15) is 31.7 Å². The maximum absolute atomic E-state index is 11.8. The SMILES string of the molecule is CCNC(=NCc1cccc2cccnc12)N1CCCC2(CNC(=O)C2)C1.I. The minimum absolute atomic E-state index is 0. The number of piperidine rings is 1. The van der Waals surface area contributed by atoms with Crippen molar-refractivity contribution in [1.82, 2.24) is 20.5 Å². The highest BCUT2D eigenvalue weighted by Crippen LogP contribution is 2.36. The van der Waals surface area contributed by atoms with Gasteiger partial charge >= 0.3 is 0 Å². The molecule has 0 saturated carbocycles. The molecule has 150 valence electrons. The fraction of sp³-hybridized carbons (Fsp3) is 0.476. The first-order chi connectivity index (χ1) is 13.2. The summed E-state index contributed by atoms with van der Waals surface area (Å²) in [6.45, 7) is 6.16. The van der Waals surface area contributed by atoms with E-state index in [-0.39, 0.29) is 35.3 Å². The Balaban J connectivity index is 0.00000225. The van der Waals surface area contributed by atoms with Crippen molar-refractivity contribution in [2.75, 3.05) is 26.2 Å². The number of carbonyl (C=O) groups excluding carboxylic acids is 1. The number of hydrogen-bond acceptors (Lipinski definition) is 3. The highest BCUT2D eigenvalue weighted by molar-refractivity contribution is 14.0. The molecule has 6 nitrogen and oxygen atoms in total. The van der Waals surface area contributed by atoms with Crippen molar-refractivity contribution in [3.63, 3.8) is 0 Å². The Morgan fingerprint density at radius 2 is 2.21 bits per heavy atom. The maximum atomic E-state index is 11.8. The van der Waals surface area contributed by atoms with Crippen molar-refractivity contribution in [1.29, 1.82) is 0 Å². The molecule has 1 atom stereocenters. The molecule has 0 aliphatic carbocycles. The summed E-state index contributed by atoms with van der Waals surface area (Å²) >= 11 is 0. The summed E-state index contributed by atoms with van der Waals surface area (Å²) in [6.07, 6.45) is 4.67. The molecule has 4 rings (SSSR count). The minimum atomic E-state index is 0. The molecule has 1 aromatic heterocycles. The van der Waals surface area contributed by atoms with Crippen molar-refractivity contribution >= 4 is 46.7 Å². The number of guanidine groups is 1. The quantitative estimate of drug-likeness (QED) is 0.392. The molecule has 3 heterocycles. The predicted molar refractivity (Wildman–Crippen MR) is 123 cm³/mol. The highest BCUT2D eigenvalue weighted by Gasteiger charge is 2.42. The predicted octanol–water partition coefficient (Wildman–Crippen LogP) is 2.92. The lowest BCUT2D eigenvalue weighted by Gasteiger charge is -2.40. The number of benzene rings is 1. The van der Waals surface area contributed by atoms with Gasteiger partial charge in [0, 0.05) is 49.6 Å². The molecule has 1 unspecified atom stereocenters. The number of halogens is 1. The van der Waals surface area contributed by atoms with Crippen LogP contribution in [0.15, 0.2) is 41.5 Å². The third kappa shape index (κ3) is 4.39. The smallest absolute Gasteiger partial charge is 0.220 e. The standard InChI is InChI=1S/C21H27N5O.HI/c1-2-22-20(26-11-5-9-21(15-26)12-18(27)25-14-21)24-13-17-7-3-6-16-8-4-10-23-19(16)17;/h3-4,6-8,10H,2,5,9,11-15H2,1H3,(H,22,24)(H,25,27);1H. The number of pyridine rings is 1. The van der Waals surface area contributed by atoms with Crippen LogP contribution < -0.4 is 10.6 Å². The molecule has 1 spiro atoms. The molecule has 2 aliphatic rings. The first kappa shape index (κ1) is 20.8. The fourth-order valence-electron chi connectivity index (χ4n) is 4.31. The Morgan fingerprint density at radius 1 is 1.36 bits per heavy atom. The molecule has 1 aromatic carbocycles. The number of para-hydroxylation sites is 1. The van der Waals surface area contributed by atoms with Gasteiger partial charge in [0.1, 0.15) is 0 Å². The summed E-state index contributed by atoms with van der Waals surface area (Å²) in [7, 11) is 0. The first-order valence-corrected chi connectivity index (χ1v) is 9.82. The molecule has 2 N–H and O–H groups in total. The molecule has 2 aliphatic heterocycles. The minimum Gasteiger partial charge on any atom is -0.357 e. The van der Waals surface area contributed by atoms with Crippen LogP contribution in [-0.4, -0.2) is 47.9 Å². The van der Waals surface area contributed by atoms with Gasteiger partial charge in [-0.3, -0.25) is 9.78 Å². The highest BCUT2D eigenvalue weighted by atomic mass is 127. The number of hydrogen-bond donors (Lipinski definition) is 2. The van der Waals surface area contributed by atoms with Crippen LogP contribution in [0.4, 0.5) is 0 Å². The number of fused-ring (bicyclic) bond motifs is 1. The molecule has 1 amide bonds. The lowest BCUT2D eigenvalue weighted by molar-refractivity contribution is -0.119. The molecule has 2 saturated heterocycles. The van der Waals surface area contributed by atoms with Gasteiger partial charge in [-0.05, 0) is 31.4 Å². The molecule has 7 heteroatoms. The van der Waals surface area contributed by atoms with Gasteiger partial charge in [0.15, 0.2) is 5.96 Å². The second-order valence-corrected chi connectivity index (χ2v) is 7.64. The van der Waals surface area contributed by atoms with Crippen LogP contribution in [0.3, 0.4) is 0 Å². The third-order valence-electron chi connectivity index (χ3n) is 5.61. The zero-order valence-electron chi connectivity index (χ0n) is 16.3. The normalized spacial score (nSPS) is 22.2. The lowest BCUT2D eigenvalue weighted by Crippen LogP contribution is -2.51. The maximum Gasteiger partial charge on any atom is 0.220 e. The average molecular weight is 493 g/mol. The van der Waals surface area contributed by atoms with E-state index in [1.165, 1.54) is 0 Å². The van der Waals surface area contributed by atoms with Gasteiger partial charge in [-0.15, -0.1) is 24.0 Å². The van der Waals surface area contributed by atoms with E-state index in [0.717, 1.165) is 61.4 Å². The Bertz CT molecular complexity index is 865. The van der Waals surface area contributed by atoms with Gasteiger partial charge in [-0.2, -0.15) is 0 Å². The number of nitrogens with zero attached hydrogens (tertiary/aromatic N) is 3. The van der Waals surface area contributed by atoms with Crippen LogP contribution >= 0.6 is 24.0 Å². The fourth-order valence-corrected chi connectivity index (χ4v) is 4.31. The van der Waals surface area contributed by atoms with E-state index in [0.29, 0.717) is 13.0 Å². The van der Waals surface area contributed by atoms with E-state index in [1.54, 1.807) is 0 Å². The van der Waals surface area contributed by atoms with Gasteiger partial charge in [0.2, 0.25) is 5.91 Å². The molecular weight excluding hydrogens is 465 g/mol. The number of rotatable bonds is 3. The Hall–Kier alpha value is -1.90. The molecule has 0 bridgehead atoms. The lowest BCUT2D eigenvalue weighted by atomic mass is 9.79. The van der Waals surface area contributed by atoms with Crippen LogP contribution in [0.2, 0.25) is 0 Å². The third-order valence-corrected chi connectivity index (χ3v) is 5.61. The number of amides is 1. The molecule has 28 heavy (non-hydrogen) atoms. The Kier molecular flexibility index (Phi) is 6.74. The van der Waals surface area contributed by atoms with E-state index in [1.807, 2.05) is 12.3 Å². The zero-order valence-corrected chi connectivity index (χ0v) is 18.6. The van der Waals surface area contributed by atoms with Crippen molar-refractivity contribution < 1.29 is 4.79 Å². The van der Waals surface area contributed by atoms with Gasteiger partial charge in [-0.25, -0.2) is 4.99 Å². The van der Waals surface area contributed by atoms with Crippen LogP contribution in [0, 0.1) is 5.41 Å². The van der Waals surface area contributed by atoms with Crippen molar-refractivity contribution in [2.24, 2.45) is 10.4 Å². The topological polar surface area (TPSA) is 69.6 Å². The van der Waals surface area contributed by atoms with Crippen LogP contribution in [-0.2, 0) is 11.3 Å². The summed E-state index contributed by atoms with van der Waals surface area (Å²) in [4.78, 5) is 23.5. The number of carbonyl (C=O) groups is 1. The van der Waals surface area contributed by atoms with Gasteiger partial charge in [0.05, 0.1) is 12.1 Å². The molecular formula is C21H28IN5O. The summed E-state index contributed by atoms with van der Waals surface area (Å²) in [5, 5.41) is 7.60. The van der Waals surface area contributed by atoms with Crippen molar-refractivity contribution in [3.8, 4) is 0 Å². The molecule has 2 fully saturated rings. The summed E-state index contributed by atoms with van der Waals surface area (Å²) < 4.78 is 0. The van der Waals surface area contributed by atoms with Crippen molar-refractivity contribution in [3.05, 3.63) is 42.1 Å². The number of aromatic nitrogens is 1. The van der Waals surface area contributed by atoms with E-state index >= 15 is 0 Å². The first-order valence-electron chi connectivity index (χ1n) is 9.82. The monoisotopic (exact) mass is 493 g/mol. The number of likely N-dealkylation sites (tertiary alicyclic amines) is 1. The van der Waals surface area contributed by atoms with E-state index in [4.69, 9.17) is 4.99 Å². The van der Waals surface area contributed by atoms with Crippen LogP contribution in [0.5, 0.6) is 0 Å². The van der Waals surface area contributed by atoms with Gasteiger partial charge < -0.3 is 15.5 Å². The number of nitrogens with one attached hydrogen (secondary N) is 2. The van der Waals surface area contributed by atoms with Crippen molar-refractivity contribution in [2.45, 2.75) is 32.7 Å². The summed E-state index contributed by atoms with van der Waals surface area (Å²) in [6, 6.07) is 10.3. The summed E-state index contributed by atoms with van der Waals surface area (Å²) in [5.74, 6) is 1.12. The molecule has 2 aromatic rings. The Labute approximate surface area is 183 Å². The van der Waals surface area contributed by atoms with Gasteiger partial charge in [0.25, 0.3) is 0 Å². The van der Waals surface area contributed by atoms with Crippen LogP contribution in [0.25, 0.3) is 10.9 Å². The van der Waals surface area contributed by atoms with E-state index in [9.17, 15) is 4.79 Å². The average Bonchev–Trinajstić information content (AvgIpc) is 3.04. The zero-order chi connectivity index (χ0) is 18.7. The number of aliphatic imine (C=N–C) groups is 1. The van der Waals surface area contributed by atoms with E-state index in [2.05, 4.69) is 51.7 Å². The largest absolute Gasteiger partial charge is 0.357 e.